The fraction of sp³-hybridized carbons (Fsp3) is 0.625. The Kier molecular flexibility index (Phi) is 5.12. The van der Waals surface area contributed by atoms with Gasteiger partial charge in [0, 0.05) is 11.8 Å². The number of aliphatic hydroxyl groups excluding tert-OH is 1. The summed E-state index contributed by atoms with van der Waals surface area (Å²) in [6.45, 7) is 4.00. The molecule has 7 nitrogen and oxygen atoms in total. The van der Waals surface area contributed by atoms with Crippen LogP contribution in [0.15, 0.2) is 17.6 Å². The molecule has 0 amide bonds. The van der Waals surface area contributed by atoms with E-state index in [1.807, 2.05) is 30.9 Å². The monoisotopic (exact) mass is 352 g/mol. The lowest BCUT2D eigenvalue weighted by Gasteiger charge is -2.26. The molecule has 2 aromatic rings. The van der Waals surface area contributed by atoms with E-state index in [9.17, 15) is 10.3 Å². The third-order valence-electron chi connectivity index (χ3n) is 4.92. The molecule has 0 radical (unpaired) electrons. The van der Waals surface area contributed by atoms with Crippen LogP contribution < -0.4 is 5.48 Å². The van der Waals surface area contributed by atoms with Crippen LogP contribution in [0.1, 0.15) is 44.9 Å². The second-order valence-corrected chi connectivity index (χ2v) is 7.10. The van der Waals surface area contributed by atoms with Gasteiger partial charge >= 0.3 is 0 Å². The molecular weight excluding hydrogens is 328 g/mol. The van der Waals surface area contributed by atoms with Crippen LogP contribution in [0.4, 0.5) is 0 Å². The number of fused-ring (bicyclic) bond motifs is 1. The molecule has 0 bridgehead atoms. The first-order valence-corrected chi connectivity index (χ1v) is 9.38. The van der Waals surface area contributed by atoms with Crippen molar-refractivity contribution in [2.75, 3.05) is 12.9 Å². The Balaban J connectivity index is 2.18. The van der Waals surface area contributed by atoms with Crippen LogP contribution in [0, 0.1) is 0 Å². The summed E-state index contributed by atoms with van der Waals surface area (Å²) in [6.07, 6.45) is 7.58. The van der Waals surface area contributed by atoms with Gasteiger partial charge in [0.2, 0.25) is 0 Å². The normalized spacial score (nSPS) is 23.7. The van der Waals surface area contributed by atoms with Crippen LogP contribution in [0.2, 0.25) is 0 Å². The molecule has 0 spiro atoms. The van der Waals surface area contributed by atoms with Crippen molar-refractivity contribution in [3.63, 3.8) is 0 Å². The molecule has 132 valence electrons. The largest absolute Gasteiger partial charge is 0.394 e. The Bertz CT molecular complexity index is 717. The number of rotatable bonds is 6. The second-order valence-electron chi connectivity index (χ2n) is 6.30. The maximum Gasteiger partial charge on any atom is 0.146 e. The number of aromatic nitrogens is 3. The van der Waals surface area contributed by atoms with E-state index >= 15 is 0 Å². The maximum atomic E-state index is 9.75. The van der Waals surface area contributed by atoms with E-state index in [0.717, 1.165) is 34.5 Å². The number of hydrogen-bond donors (Lipinski definition) is 3. The van der Waals surface area contributed by atoms with Crippen LogP contribution in [-0.4, -0.2) is 43.8 Å². The average Bonchev–Trinajstić information content (AvgIpc) is 3.25. The molecule has 3 heterocycles. The molecule has 2 aromatic heterocycles. The first-order chi connectivity index (χ1) is 11.6. The first kappa shape index (κ1) is 17.6. The molecule has 0 saturated carbocycles. The zero-order chi connectivity index (χ0) is 17.3. The Labute approximate surface area is 145 Å². The minimum atomic E-state index is -0.603. The van der Waals surface area contributed by atoms with Gasteiger partial charge in [0.1, 0.15) is 23.2 Å². The molecule has 3 rings (SSSR count). The van der Waals surface area contributed by atoms with Crippen molar-refractivity contribution in [1.82, 2.24) is 20.0 Å². The van der Waals surface area contributed by atoms with E-state index in [1.54, 1.807) is 18.1 Å². The summed E-state index contributed by atoms with van der Waals surface area (Å²) < 4.78 is 7.94. The summed E-state index contributed by atoms with van der Waals surface area (Å²) in [7, 11) is 0. The zero-order valence-electron chi connectivity index (χ0n) is 14.2. The van der Waals surface area contributed by atoms with Gasteiger partial charge in [-0.3, -0.25) is 0 Å². The second kappa shape index (κ2) is 6.97. The Morgan fingerprint density at radius 3 is 2.83 bits per heavy atom. The summed E-state index contributed by atoms with van der Waals surface area (Å²) in [4.78, 5) is 8.86. The molecule has 1 aliphatic heterocycles. The van der Waals surface area contributed by atoms with Gasteiger partial charge in [-0.05, 0) is 32.4 Å². The van der Waals surface area contributed by atoms with Crippen molar-refractivity contribution >= 4 is 22.8 Å². The summed E-state index contributed by atoms with van der Waals surface area (Å²) in [5.41, 5.74) is 3.59. The lowest BCUT2D eigenvalue weighted by atomic mass is 9.91. The minimum Gasteiger partial charge on any atom is -0.394 e. The zero-order valence-corrected chi connectivity index (χ0v) is 15.0. The van der Waals surface area contributed by atoms with Gasteiger partial charge in [-0.15, -0.1) is 11.8 Å². The number of ether oxygens (including phenoxy) is 1. The molecule has 0 aromatic carbocycles. The molecule has 1 unspecified atom stereocenters. The smallest absolute Gasteiger partial charge is 0.146 e. The Hall–Kier alpha value is -1.19. The fourth-order valence-corrected chi connectivity index (χ4v) is 3.76. The molecule has 1 fully saturated rings. The van der Waals surface area contributed by atoms with E-state index in [0.29, 0.717) is 6.42 Å². The highest BCUT2D eigenvalue weighted by Crippen LogP contribution is 2.39. The van der Waals surface area contributed by atoms with Crippen molar-refractivity contribution in [2.45, 2.75) is 56.0 Å². The maximum absolute atomic E-state index is 9.75. The fourth-order valence-electron chi connectivity index (χ4n) is 3.20. The van der Waals surface area contributed by atoms with Gasteiger partial charge in [-0.25, -0.2) is 9.97 Å². The molecular formula is C16H24N4O3S. The predicted molar refractivity (Wildman–Crippen MR) is 92.1 cm³/mol. The van der Waals surface area contributed by atoms with Crippen LogP contribution in [0.25, 0.3) is 11.0 Å². The highest BCUT2D eigenvalue weighted by atomic mass is 32.2. The van der Waals surface area contributed by atoms with Gasteiger partial charge in [0.25, 0.3) is 0 Å². The van der Waals surface area contributed by atoms with Crippen molar-refractivity contribution in [3.05, 3.63) is 18.1 Å². The number of thioether (sulfide) groups is 1. The average molecular weight is 352 g/mol. The van der Waals surface area contributed by atoms with E-state index in [2.05, 4.69) is 15.4 Å². The first-order valence-electron chi connectivity index (χ1n) is 8.15. The number of hydroxylamine groups is 1. The van der Waals surface area contributed by atoms with E-state index in [4.69, 9.17) is 4.74 Å². The van der Waals surface area contributed by atoms with Crippen molar-refractivity contribution in [2.24, 2.45) is 0 Å². The molecule has 1 aliphatic rings. The summed E-state index contributed by atoms with van der Waals surface area (Å²) in [6, 6.07) is 0. The summed E-state index contributed by atoms with van der Waals surface area (Å²) in [5.74, 6) is 0. The van der Waals surface area contributed by atoms with Gasteiger partial charge in [-0.1, -0.05) is 6.92 Å². The van der Waals surface area contributed by atoms with Gasteiger partial charge in [0.05, 0.1) is 23.6 Å². The minimum absolute atomic E-state index is 0.0263. The van der Waals surface area contributed by atoms with Gasteiger partial charge in [0.15, 0.2) is 0 Å². The number of aliphatic hydroxyl groups is 1. The van der Waals surface area contributed by atoms with Crippen LogP contribution in [-0.2, 0) is 10.3 Å². The van der Waals surface area contributed by atoms with Crippen molar-refractivity contribution < 1.29 is 15.1 Å². The number of nitrogens with zero attached hydrogens (tertiary/aromatic N) is 3. The summed E-state index contributed by atoms with van der Waals surface area (Å²) in [5, 5.41) is 20.9. The Morgan fingerprint density at radius 1 is 1.46 bits per heavy atom. The summed E-state index contributed by atoms with van der Waals surface area (Å²) >= 11 is 1.56. The SMILES string of the molecule is CCC(C)(NO)c1cn([C@H]2CC[C@@H](CO)O2)c2ncnc(SC)c12. The molecule has 0 aliphatic carbocycles. The lowest BCUT2D eigenvalue weighted by molar-refractivity contribution is -0.0207. The Morgan fingerprint density at radius 2 is 2.25 bits per heavy atom. The van der Waals surface area contributed by atoms with Crippen LogP contribution in [0.3, 0.4) is 0 Å². The van der Waals surface area contributed by atoms with Crippen LogP contribution >= 0.6 is 11.8 Å². The van der Waals surface area contributed by atoms with E-state index < -0.39 is 5.54 Å². The van der Waals surface area contributed by atoms with Crippen molar-refractivity contribution in [3.8, 4) is 0 Å². The molecule has 1 saturated heterocycles. The van der Waals surface area contributed by atoms with E-state index in [-0.39, 0.29) is 18.9 Å². The third-order valence-corrected chi connectivity index (χ3v) is 5.61. The number of nitrogens with one attached hydrogen (secondary N) is 1. The highest BCUT2D eigenvalue weighted by molar-refractivity contribution is 7.98. The van der Waals surface area contributed by atoms with Crippen LogP contribution in [0.5, 0.6) is 0 Å². The quantitative estimate of drug-likeness (QED) is 0.418. The standard InChI is InChI=1S/C16H24N4O3S/c1-4-16(2,19-22)11-7-20(12-6-5-10(8-21)23-12)14-13(11)15(24-3)18-9-17-14/h7,9-10,12,19,21-22H,4-6,8H2,1-3H3/t10-,12+,16?/m0/s1. The molecule has 24 heavy (non-hydrogen) atoms. The topological polar surface area (TPSA) is 92.4 Å². The molecule has 8 heteroatoms. The van der Waals surface area contributed by atoms with Gasteiger partial charge in [-0.2, -0.15) is 5.48 Å². The molecule has 3 N–H and O–H groups in total. The van der Waals surface area contributed by atoms with E-state index in [1.165, 1.54) is 0 Å². The van der Waals surface area contributed by atoms with Crippen molar-refractivity contribution in [1.29, 1.82) is 0 Å². The number of hydrogen-bond acceptors (Lipinski definition) is 7. The van der Waals surface area contributed by atoms with Gasteiger partial charge < -0.3 is 19.6 Å². The molecule has 3 atom stereocenters. The highest BCUT2D eigenvalue weighted by Gasteiger charge is 2.33. The third kappa shape index (κ3) is 2.82. The predicted octanol–water partition coefficient (Wildman–Crippen LogP) is 2.43. The lowest BCUT2D eigenvalue weighted by Crippen LogP contribution is -2.36.